The predicted molar refractivity (Wildman–Crippen MR) is 252 cm³/mol. The Morgan fingerprint density at radius 2 is 0.879 bits per heavy atom. The molecule has 0 amide bonds. The molecule has 4 heteroatoms. The topological polar surface area (TPSA) is 8.17 Å². The fourth-order valence-corrected chi connectivity index (χ4v) is 11.4. The summed E-state index contributed by atoms with van der Waals surface area (Å²) in [5, 5.41) is 7.70. The summed E-state index contributed by atoms with van der Waals surface area (Å²) in [6.07, 6.45) is 0. The first-order chi connectivity index (χ1) is 28.8. The molecule has 58 heavy (non-hydrogen) atoms. The van der Waals surface area contributed by atoms with Crippen molar-refractivity contribution in [2.75, 3.05) is 4.90 Å². The van der Waals surface area contributed by atoms with Gasteiger partial charge < -0.3 is 9.47 Å². The molecular formula is C54H34N2S2. The normalized spacial score (nSPS) is 11.8. The Morgan fingerprint density at radius 1 is 0.345 bits per heavy atom. The van der Waals surface area contributed by atoms with Gasteiger partial charge in [0.1, 0.15) is 0 Å². The van der Waals surface area contributed by atoms with E-state index in [1.54, 1.807) is 0 Å². The summed E-state index contributed by atoms with van der Waals surface area (Å²) in [4.78, 5) is 2.49. The van der Waals surface area contributed by atoms with Crippen LogP contribution >= 0.6 is 22.7 Å². The van der Waals surface area contributed by atoms with E-state index in [2.05, 4.69) is 216 Å². The number of hydrogen-bond acceptors (Lipinski definition) is 3. The van der Waals surface area contributed by atoms with Crippen LogP contribution in [0.1, 0.15) is 0 Å². The third-order valence-corrected chi connectivity index (χ3v) is 14.0. The zero-order chi connectivity index (χ0) is 38.2. The fraction of sp³-hybridized carbons (Fsp3) is 0. The lowest BCUT2D eigenvalue weighted by Gasteiger charge is -2.27. The van der Waals surface area contributed by atoms with Gasteiger partial charge in [0, 0.05) is 57.7 Å². The highest BCUT2D eigenvalue weighted by atomic mass is 32.1. The number of thiophene rings is 2. The van der Waals surface area contributed by atoms with Crippen LogP contribution in [0.2, 0.25) is 0 Å². The Balaban J connectivity index is 1.04. The summed E-state index contributed by atoms with van der Waals surface area (Å²) < 4.78 is 7.62. The summed E-state index contributed by atoms with van der Waals surface area (Å²) in [5.41, 5.74) is 11.9. The van der Waals surface area contributed by atoms with E-state index in [1.807, 2.05) is 22.7 Å². The third kappa shape index (κ3) is 5.09. The summed E-state index contributed by atoms with van der Waals surface area (Å²) in [6.45, 7) is 0. The highest BCUT2D eigenvalue weighted by molar-refractivity contribution is 7.26. The number of aromatic nitrogens is 1. The second-order valence-corrected chi connectivity index (χ2v) is 17.0. The summed E-state index contributed by atoms with van der Waals surface area (Å²) in [6, 6.07) is 75.6. The summed E-state index contributed by atoms with van der Waals surface area (Å²) in [5.74, 6) is 0. The van der Waals surface area contributed by atoms with Gasteiger partial charge in [0.25, 0.3) is 0 Å². The van der Waals surface area contributed by atoms with Gasteiger partial charge in [-0.3, -0.25) is 0 Å². The molecule has 12 rings (SSSR count). The zero-order valence-corrected chi connectivity index (χ0v) is 33.0. The van der Waals surface area contributed by atoms with Crippen LogP contribution in [0.15, 0.2) is 206 Å². The van der Waals surface area contributed by atoms with E-state index < -0.39 is 0 Å². The average molecular weight is 775 g/mol. The predicted octanol–water partition coefficient (Wildman–Crippen LogP) is 16.3. The van der Waals surface area contributed by atoms with Gasteiger partial charge in [0.2, 0.25) is 0 Å². The zero-order valence-electron chi connectivity index (χ0n) is 31.3. The first kappa shape index (κ1) is 33.2. The number of rotatable bonds is 6. The molecule has 0 aliphatic heterocycles. The largest absolute Gasteiger partial charge is 0.309 e. The molecule has 3 aromatic heterocycles. The first-order valence-electron chi connectivity index (χ1n) is 19.7. The van der Waals surface area contributed by atoms with Gasteiger partial charge in [0.15, 0.2) is 0 Å². The molecule has 3 heterocycles. The minimum absolute atomic E-state index is 1.12. The van der Waals surface area contributed by atoms with Crippen LogP contribution < -0.4 is 4.90 Å². The number of benzene rings is 9. The highest BCUT2D eigenvalue weighted by Gasteiger charge is 2.22. The van der Waals surface area contributed by atoms with E-state index in [0.29, 0.717) is 0 Å². The molecule has 0 bridgehead atoms. The SMILES string of the molecule is c1ccc(-c2ccccc2-n2c3ccccc3c3ccccc32)c(-c2ccc(N(c3cccc4c3sc3ccccc34)c3cccc4sc5ccccc5c34)cc2)c1. The molecule has 0 radical (unpaired) electrons. The molecule has 0 unspecified atom stereocenters. The monoisotopic (exact) mass is 774 g/mol. The van der Waals surface area contributed by atoms with Gasteiger partial charge in [-0.1, -0.05) is 146 Å². The minimum Gasteiger partial charge on any atom is -0.309 e. The lowest BCUT2D eigenvalue weighted by molar-refractivity contribution is 1.18. The summed E-state index contributed by atoms with van der Waals surface area (Å²) in [7, 11) is 0. The van der Waals surface area contributed by atoms with E-state index in [0.717, 1.165) is 5.69 Å². The van der Waals surface area contributed by atoms with E-state index in [4.69, 9.17) is 0 Å². The van der Waals surface area contributed by atoms with Crippen molar-refractivity contribution in [3.05, 3.63) is 206 Å². The Labute approximate surface area is 343 Å². The molecule has 12 aromatic rings. The molecule has 0 fully saturated rings. The van der Waals surface area contributed by atoms with Crippen LogP contribution in [0.4, 0.5) is 17.1 Å². The van der Waals surface area contributed by atoms with Gasteiger partial charge in [0.05, 0.1) is 32.8 Å². The number of nitrogens with zero attached hydrogens (tertiary/aromatic N) is 2. The van der Waals surface area contributed by atoms with E-state index in [1.165, 1.54) is 101 Å². The van der Waals surface area contributed by atoms with Crippen LogP contribution in [0, 0.1) is 0 Å². The maximum Gasteiger partial charge on any atom is 0.0640 e. The third-order valence-electron chi connectivity index (χ3n) is 11.6. The molecule has 0 aliphatic carbocycles. The van der Waals surface area contributed by atoms with Crippen LogP contribution in [0.5, 0.6) is 0 Å². The molecule has 272 valence electrons. The second kappa shape index (κ2) is 13.3. The van der Waals surface area contributed by atoms with Gasteiger partial charge in [-0.15, -0.1) is 22.7 Å². The van der Waals surface area contributed by atoms with Crippen molar-refractivity contribution in [3.63, 3.8) is 0 Å². The van der Waals surface area contributed by atoms with E-state index >= 15 is 0 Å². The van der Waals surface area contributed by atoms with Crippen molar-refractivity contribution in [1.82, 2.24) is 4.57 Å². The Morgan fingerprint density at radius 3 is 1.64 bits per heavy atom. The maximum atomic E-state index is 2.49. The van der Waals surface area contributed by atoms with Crippen molar-refractivity contribution in [2.24, 2.45) is 0 Å². The van der Waals surface area contributed by atoms with Crippen LogP contribution in [-0.2, 0) is 0 Å². The molecule has 0 saturated heterocycles. The molecule has 0 spiro atoms. The summed E-state index contributed by atoms with van der Waals surface area (Å²) >= 11 is 3.74. The Hall–Kier alpha value is -6.98. The number of anilines is 3. The van der Waals surface area contributed by atoms with Gasteiger partial charge in [-0.05, 0) is 77.4 Å². The van der Waals surface area contributed by atoms with Gasteiger partial charge >= 0.3 is 0 Å². The first-order valence-corrected chi connectivity index (χ1v) is 21.3. The molecule has 0 N–H and O–H groups in total. The highest BCUT2D eigenvalue weighted by Crippen LogP contribution is 2.49. The second-order valence-electron chi connectivity index (χ2n) is 14.8. The van der Waals surface area contributed by atoms with Crippen molar-refractivity contribution < 1.29 is 0 Å². The molecule has 0 saturated carbocycles. The van der Waals surface area contributed by atoms with Gasteiger partial charge in [-0.2, -0.15) is 0 Å². The van der Waals surface area contributed by atoms with Crippen molar-refractivity contribution in [1.29, 1.82) is 0 Å². The fourth-order valence-electron chi connectivity index (χ4n) is 9.10. The average Bonchev–Trinajstić information content (AvgIpc) is 3.97. The molecule has 2 nitrogen and oxygen atoms in total. The van der Waals surface area contributed by atoms with Crippen LogP contribution in [0.25, 0.3) is 90.1 Å². The standard InChI is InChI=1S/C54H34N2S2/c1-2-16-38(39-17-3-8-23-45(39)56-46-24-9-4-18-40(46)41-19-5-10-25-47(41)56)37(15-1)35-31-33-36(34-32-35)55(48-26-14-30-52-53(48)44-21-7-12-29-51(44)57-52)49-27-13-22-43-42-20-6-11-28-50(42)58-54(43)49/h1-34H. The lowest BCUT2D eigenvalue weighted by atomic mass is 9.93. The quantitative estimate of drug-likeness (QED) is 0.163. The Kier molecular flexibility index (Phi) is 7.62. The molecule has 0 atom stereocenters. The molecule has 0 aliphatic rings. The lowest BCUT2D eigenvalue weighted by Crippen LogP contribution is -2.10. The van der Waals surface area contributed by atoms with Crippen molar-refractivity contribution >= 4 is 102 Å². The Bertz CT molecular complexity index is 3480. The van der Waals surface area contributed by atoms with E-state index in [9.17, 15) is 0 Å². The maximum absolute atomic E-state index is 2.49. The number of para-hydroxylation sites is 3. The minimum atomic E-state index is 1.12. The van der Waals surface area contributed by atoms with Crippen molar-refractivity contribution in [3.8, 4) is 27.9 Å². The number of hydrogen-bond donors (Lipinski definition) is 0. The molecular weight excluding hydrogens is 741 g/mol. The smallest absolute Gasteiger partial charge is 0.0640 e. The number of fused-ring (bicyclic) bond motifs is 9. The van der Waals surface area contributed by atoms with Gasteiger partial charge in [-0.25, -0.2) is 0 Å². The van der Waals surface area contributed by atoms with E-state index in [-0.39, 0.29) is 0 Å². The molecule has 9 aromatic carbocycles. The van der Waals surface area contributed by atoms with Crippen molar-refractivity contribution in [2.45, 2.75) is 0 Å². The van der Waals surface area contributed by atoms with Crippen LogP contribution in [-0.4, -0.2) is 4.57 Å². The van der Waals surface area contributed by atoms with Crippen LogP contribution in [0.3, 0.4) is 0 Å².